The number of ether oxygens (including phenoxy) is 1. The highest BCUT2D eigenvalue weighted by molar-refractivity contribution is 6.04. The molecular weight excluding hydrogens is 448 g/mol. The van der Waals surface area contributed by atoms with E-state index >= 15 is 0 Å². The Balaban J connectivity index is 1.67. The van der Waals surface area contributed by atoms with Crippen molar-refractivity contribution in [1.29, 1.82) is 0 Å². The molecule has 0 aliphatic carbocycles. The average Bonchev–Trinajstić information content (AvgIpc) is 3.64. The number of benzene rings is 1. The minimum absolute atomic E-state index is 0.754. The first-order chi connectivity index (χ1) is 17.8. The van der Waals surface area contributed by atoms with E-state index in [1.54, 1.807) is 0 Å². The van der Waals surface area contributed by atoms with Crippen molar-refractivity contribution < 1.29 is 13.5 Å². The Hall–Kier alpha value is -3.84. The number of rotatable bonds is 2. The summed E-state index contributed by atoms with van der Waals surface area (Å²) >= 11 is 0. The number of hydrogen-bond donors (Lipinski definition) is 0. The zero-order valence-electron chi connectivity index (χ0n) is 20.6. The number of aromatic nitrogens is 4. The summed E-state index contributed by atoms with van der Waals surface area (Å²) in [5.74, 6) is 2.47. The summed E-state index contributed by atoms with van der Waals surface area (Å²) in [6.07, 6.45) is 6.93. The predicted octanol–water partition coefficient (Wildman–Crippen LogP) is 3.57. The van der Waals surface area contributed by atoms with Gasteiger partial charge in [0.2, 0.25) is 0 Å². The van der Waals surface area contributed by atoms with Crippen LogP contribution in [0.1, 0.15) is 18.4 Å². The van der Waals surface area contributed by atoms with Gasteiger partial charge in [0, 0.05) is 0 Å². The highest BCUT2D eigenvalue weighted by Crippen LogP contribution is 2.35. The van der Waals surface area contributed by atoms with Gasteiger partial charge in [-0.3, -0.25) is 9.80 Å². The van der Waals surface area contributed by atoms with E-state index < -0.39 is 0 Å². The SMILES string of the molecule is Cc1ccc2c(c1)n1c(N3CCCC3)[n+]3ccccc3c1c1c3cccc[n+]3c(N3CCOCC3)n21. The van der Waals surface area contributed by atoms with Crippen molar-refractivity contribution in [3.05, 3.63) is 72.6 Å². The fourth-order valence-corrected chi connectivity index (χ4v) is 6.45. The first kappa shape index (κ1) is 20.4. The lowest BCUT2D eigenvalue weighted by atomic mass is 10.2. The third-order valence-electron chi connectivity index (χ3n) is 8.00. The van der Waals surface area contributed by atoms with Crippen LogP contribution in [0.25, 0.3) is 33.1 Å². The van der Waals surface area contributed by atoms with Crippen molar-refractivity contribution in [1.82, 2.24) is 8.80 Å². The zero-order chi connectivity index (χ0) is 23.8. The van der Waals surface area contributed by atoms with Crippen LogP contribution in [0, 0.1) is 6.92 Å². The molecule has 1 aromatic carbocycles. The van der Waals surface area contributed by atoms with Gasteiger partial charge in [0.25, 0.3) is 0 Å². The van der Waals surface area contributed by atoms with E-state index in [-0.39, 0.29) is 0 Å². The number of fused-ring (bicyclic) bond motifs is 10. The molecule has 7 nitrogen and oxygen atoms in total. The largest absolute Gasteiger partial charge is 0.375 e. The number of imidazole rings is 2. The molecule has 0 atom stereocenters. The minimum atomic E-state index is 0.754. The van der Waals surface area contributed by atoms with Gasteiger partial charge in [0.05, 0.1) is 51.8 Å². The summed E-state index contributed by atoms with van der Waals surface area (Å²) in [5.41, 5.74) is 8.73. The predicted molar refractivity (Wildman–Crippen MR) is 141 cm³/mol. The monoisotopic (exact) mass is 478 g/mol. The van der Waals surface area contributed by atoms with Crippen LogP contribution < -0.4 is 18.6 Å². The molecule has 0 amide bonds. The summed E-state index contributed by atoms with van der Waals surface area (Å²) in [6, 6.07) is 20.1. The van der Waals surface area contributed by atoms with Gasteiger partial charge >= 0.3 is 11.9 Å². The first-order valence-corrected chi connectivity index (χ1v) is 13.1. The molecule has 7 heterocycles. The molecule has 0 N–H and O–H groups in total. The lowest BCUT2D eigenvalue weighted by Gasteiger charge is -2.22. The molecule has 0 radical (unpaired) electrons. The molecule has 5 aromatic heterocycles. The lowest BCUT2D eigenvalue weighted by Crippen LogP contribution is -2.42. The molecule has 180 valence electrons. The maximum Gasteiger partial charge on any atom is 0.370 e. The molecule has 2 aliphatic heterocycles. The van der Waals surface area contributed by atoms with Crippen LogP contribution in [0.5, 0.6) is 0 Å². The number of morpholine rings is 1. The summed E-state index contributed by atoms with van der Waals surface area (Å²) in [5, 5.41) is 0. The van der Waals surface area contributed by atoms with Crippen molar-refractivity contribution in [3.8, 4) is 0 Å². The van der Waals surface area contributed by atoms with Gasteiger partial charge in [-0.2, -0.15) is 8.80 Å². The van der Waals surface area contributed by atoms with E-state index in [1.165, 1.54) is 63.4 Å². The van der Waals surface area contributed by atoms with Crippen molar-refractivity contribution in [2.45, 2.75) is 19.8 Å². The maximum absolute atomic E-state index is 5.74. The topological polar surface area (TPSA) is 32.7 Å². The molecule has 0 bridgehead atoms. The molecule has 6 aromatic rings. The molecule has 0 unspecified atom stereocenters. The van der Waals surface area contributed by atoms with Gasteiger partial charge in [-0.15, -0.1) is 0 Å². The van der Waals surface area contributed by atoms with E-state index in [9.17, 15) is 0 Å². The second-order valence-corrected chi connectivity index (χ2v) is 10.2. The van der Waals surface area contributed by atoms with Crippen LogP contribution in [-0.4, -0.2) is 48.2 Å². The smallest absolute Gasteiger partial charge is 0.370 e. The van der Waals surface area contributed by atoms with Gasteiger partial charge in [0.15, 0.2) is 22.1 Å². The van der Waals surface area contributed by atoms with E-state index in [0.717, 1.165) is 39.4 Å². The zero-order valence-corrected chi connectivity index (χ0v) is 20.6. The molecule has 0 saturated carbocycles. The normalized spacial score (nSPS) is 17.0. The van der Waals surface area contributed by atoms with E-state index in [4.69, 9.17) is 4.74 Å². The van der Waals surface area contributed by atoms with E-state index in [1.807, 2.05) is 0 Å². The van der Waals surface area contributed by atoms with Crippen LogP contribution in [0.4, 0.5) is 11.9 Å². The Morgan fingerprint density at radius 1 is 0.667 bits per heavy atom. The second kappa shape index (κ2) is 7.58. The first-order valence-electron chi connectivity index (χ1n) is 13.1. The molecular formula is C29H30N6O+2. The summed E-state index contributed by atoms with van der Waals surface area (Å²) in [7, 11) is 0. The summed E-state index contributed by atoms with van der Waals surface area (Å²) in [6.45, 7) is 7.67. The van der Waals surface area contributed by atoms with E-state index in [2.05, 4.69) is 101 Å². The van der Waals surface area contributed by atoms with Gasteiger partial charge in [-0.1, -0.05) is 18.2 Å². The highest BCUT2D eigenvalue weighted by Gasteiger charge is 2.36. The quantitative estimate of drug-likeness (QED) is 0.357. The molecule has 2 fully saturated rings. The fourth-order valence-electron chi connectivity index (χ4n) is 6.45. The molecule has 2 aliphatic rings. The average molecular weight is 479 g/mol. The standard InChI is InChI=1S/C29H30N6O/c1-21-10-11-22-25(20-21)35-27(24-9-3-4-14-32(24)28(35)30-12-6-7-13-30)26-23-8-2-5-15-33(23)29(34(22)26)31-16-18-36-19-17-31/h2-5,8-11,14-15,20H,6-7,12-13,16-19H2,1H3/q+2. The Labute approximate surface area is 209 Å². The maximum atomic E-state index is 5.74. The number of hydrogen-bond acceptors (Lipinski definition) is 3. The molecule has 8 rings (SSSR count). The van der Waals surface area contributed by atoms with Gasteiger partial charge in [-0.25, -0.2) is 8.80 Å². The van der Waals surface area contributed by atoms with Gasteiger partial charge in [0.1, 0.15) is 11.0 Å². The van der Waals surface area contributed by atoms with Gasteiger partial charge in [-0.05, 0) is 61.7 Å². The molecule has 7 heteroatoms. The van der Waals surface area contributed by atoms with Gasteiger partial charge < -0.3 is 4.74 Å². The number of pyridine rings is 2. The number of anilines is 2. The molecule has 36 heavy (non-hydrogen) atoms. The lowest BCUT2D eigenvalue weighted by molar-refractivity contribution is -0.498. The van der Waals surface area contributed by atoms with Crippen molar-refractivity contribution in [2.24, 2.45) is 0 Å². The summed E-state index contributed by atoms with van der Waals surface area (Å²) in [4.78, 5) is 5.05. The Kier molecular flexibility index (Phi) is 4.29. The minimum Gasteiger partial charge on any atom is -0.375 e. The highest BCUT2D eigenvalue weighted by atomic mass is 16.5. The van der Waals surface area contributed by atoms with Crippen LogP contribution >= 0.6 is 0 Å². The Morgan fingerprint density at radius 3 is 1.89 bits per heavy atom. The third kappa shape index (κ3) is 2.66. The number of aryl methyl sites for hydroxylation is 1. The second-order valence-electron chi connectivity index (χ2n) is 10.2. The van der Waals surface area contributed by atoms with Crippen LogP contribution in [-0.2, 0) is 4.74 Å². The van der Waals surface area contributed by atoms with Crippen LogP contribution in [0.2, 0.25) is 0 Å². The number of nitrogens with zero attached hydrogens (tertiary/aromatic N) is 6. The third-order valence-corrected chi connectivity index (χ3v) is 8.00. The summed E-state index contributed by atoms with van der Waals surface area (Å²) < 4.78 is 15.6. The molecule has 0 spiro atoms. The Bertz CT molecular complexity index is 1800. The molecule has 2 saturated heterocycles. The van der Waals surface area contributed by atoms with Crippen LogP contribution in [0.3, 0.4) is 0 Å². The van der Waals surface area contributed by atoms with Crippen molar-refractivity contribution >= 4 is 45.0 Å². The Morgan fingerprint density at radius 2 is 1.25 bits per heavy atom. The van der Waals surface area contributed by atoms with E-state index in [0.29, 0.717) is 0 Å². The van der Waals surface area contributed by atoms with Crippen molar-refractivity contribution in [3.63, 3.8) is 0 Å². The fraction of sp³-hybridized carbons (Fsp3) is 0.310. The van der Waals surface area contributed by atoms with Crippen LogP contribution in [0.15, 0.2) is 67.0 Å². The van der Waals surface area contributed by atoms with Crippen molar-refractivity contribution in [2.75, 3.05) is 49.2 Å².